The van der Waals surface area contributed by atoms with E-state index < -0.39 is 14.0 Å². The highest BCUT2D eigenvalue weighted by molar-refractivity contribution is 6.76. The molecule has 4 rings (SSSR count). The molecule has 168 valence electrons. The van der Waals surface area contributed by atoms with E-state index in [2.05, 4.69) is 41.1 Å². The molecule has 2 aromatic rings. The van der Waals surface area contributed by atoms with Crippen molar-refractivity contribution in [1.29, 1.82) is 0 Å². The highest BCUT2D eigenvalue weighted by Crippen LogP contribution is 2.39. The average molecular weight is 443 g/mol. The number of rotatable bonds is 9. The van der Waals surface area contributed by atoms with Crippen molar-refractivity contribution in [3.63, 3.8) is 0 Å². The highest BCUT2D eigenvalue weighted by atomic mass is 28.3. The Morgan fingerprint density at radius 3 is 2.42 bits per heavy atom. The van der Waals surface area contributed by atoms with Crippen LogP contribution in [-0.2, 0) is 41.9 Å². The van der Waals surface area contributed by atoms with E-state index >= 15 is 0 Å². The zero-order valence-electron chi connectivity index (χ0n) is 19.2. The number of aromatic nitrogens is 3. The first-order chi connectivity index (χ1) is 14.9. The third-order valence-corrected chi connectivity index (χ3v) is 7.75. The van der Waals surface area contributed by atoms with Gasteiger partial charge in [-0.25, -0.2) is 9.48 Å². The summed E-state index contributed by atoms with van der Waals surface area (Å²) in [6.07, 6.45) is 6.81. The van der Waals surface area contributed by atoms with Crippen LogP contribution in [-0.4, -0.2) is 42.0 Å². The van der Waals surface area contributed by atoms with Crippen LogP contribution in [0.3, 0.4) is 0 Å². The molecule has 0 bridgehead atoms. The van der Waals surface area contributed by atoms with Crippen LogP contribution < -0.4 is 5.32 Å². The standard InChI is InChI=1S/C23H34N4O3Si/c1-5-30-22(28)21-25-23(27(26-21)15-29-12-13-31(2,3)4)24-20-18-10-6-8-16(18)14-17-9-7-11-19(17)20/h14H,5-13,15H2,1-4H3,(H,24,25,26). The predicted molar refractivity (Wildman–Crippen MR) is 124 cm³/mol. The van der Waals surface area contributed by atoms with E-state index in [0.29, 0.717) is 19.2 Å². The van der Waals surface area contributed by atoms with Gasteiger partial charge in [-0.2, -0.15) is 4.98 Å². The number of carbonyl (C=O) groups is 1. The largest absolute Gasteiger partial charge is 0.460 e. The minimum Gasteiger partial charge on any atom is -0.460 e. The molecule has 1 aromatic carbocycles. The Kier molecular flexibility index (Phi) is 6.48. The lowest BCUT2D eigenvalue weighted by Crippen LogP contribution is -2.22. The Bertz CT molecular complexity index is 932. The van der Waals surface area contributed by atoms with Gasteiger partial charge in [0.1, 0.15) is 6.73 Å². The molecule has 0 saturated heterocycles. The van der Waals surface area contributed by atoms with Crippen LogP contribution in [0.5, 0.6) is 0 Å². The molecule has 2 aliphatic carbocycles. The Morgan fingerprint density at radius 2 is 1.81 bits per heavy atom. The number of esters is 1. The maximum atomic E-state index is 12.3. The number of hydrogen-bond acceptors (Lipinski definition) is 6. The quantitative estimate of drug-likeness (QED) is 0.350. The van der Waals surface area contributed by atoms with Gasteiger partial charge in [0, 0.05) is 20.4 Å². The minimum atomic E-state index is -1.18. The first-order valence-corrected chi connectivity index (χ1v) is 15.2. The number of aryl methyl sites for hydroxylation is 2. The van der Waals surface area contributed by atoms with Crippen LogP contribution in [0.15, 0.2) is 6.07 Å². The van der Waals surface area contributed by atoms with Crippen LogP contribution in [0, 0.1) is 0 Å². The molecule has 1 heterocycles. The summed E-state index contributed by atoms with van der Waals surface area (Å²) < 4.78 is 12.7. The second-order valence-corrected chi connectivity index (χ2v) is 15.3. The molecule has 1 aromatic heterocycles. The molecule has 2 aliphatic rings. The van der Waals surface area contributed by atoms with Crippen LogP contribution in [0.1, 0.15) is 52.6 Å². The predicted octanol–water partition coefficient (Wildman–Crippen LogP) is 4.49. The molecule has 8 heteroatoms. The molecule has 0 fully saturated rings. The van der Waals surface area contributed by atoms with E-state index in [1.54, 1.807) is 11.6 Å². The minimum absolute atomic E-state index is 0.0716. The number of carbonyl (C=O) groups excluding carboxylic acids is 1. The molecular weight excluding hydrogens is 408 g/mol. The van der Waals surface area contributed by atoms with Crippen LogP contribution in [0.2, 0.25) is 25.7 Å². The maximum Gasteiger partial charge on any atom is 0.378 e. The van der Waals surface area contributed by atoms with Gasteiger partial charge in [-0.15, -0.1) is 5.10 Å². The normalized spacial score (nSPS) is 15.1. The first kappa shape index (κ1) is 22.0. The Hall–Kier alpha value is -2.19. The first-order valence-electron chi connectivity index (χ1n) is 11.5. The lowest BCUT2D eigenvalue weighted by Gasteiger charge is -2.18. The lowest BCUT2D eigenvalue weighted by molar-refractivity contribution is 0.0505. The van der Waals surface area contributed by atoms with Crippen molar-refractivity contribution < 1.29 is 14.3 Å². The number of fused-ring (bicyclic) bond motifs is 2. The summed E-state index contributed by atoms with van der Waals surface area (Å²) in [5.41, 5.74) is 6.87. The van der Waals surface area contributed by atoms with Gasteiger partial charge in [0.25, 0.3) is 5.82 Å². The van der Waals surface area contributed by atoms with Gasteiger partial charge in [0.2, 0.25) is 5.95 Å². The zero-order chi connectivity index (χ0) is 22.0. The van der Waals surface area contributed by atoms with Crippen molar-refractivity contribution in [3.8, 4) is 0 Å². The molecule has 0 saturated carbocycles. The Morgan fingerprint density at radius 1 is 1.13 bits per heavy atom. The Labute approximate surface area is 185 Å². The maximum absolute atomic E-state index is 12.3. The Balaban J connectivity index is 1.61. The van der Waals surface area contributed by atoms with E-state index in [9.17, 15) is 4.79 Å². The molecule has 7 nitrogen and oxygen atoms in total. The van der Waals surface area contributed by atoms with Crippen molar-refractivity contribution >= 4 is 25.7 Å². The summed E-state index contributed by atoms with van der Waals surface area (Å²) in [7, 11) is -1.18. The van der Waals surface area contributed by atoms with Crippen molar-refractivity contribution in [2.75, 3.05) is 18.5 Å². The lowest BCUT2D eigenvalue weighted by atomic mass is 9.99. The summed E-state index contributed by atoms with van der Waals surface area (Å²) >= 11 is 0. The number of anilines is 2. The topological polar surface area (TPSA) is 78.3 Å². The van der Waals surface area contributed by atoms with Crippen LogP contribution in [0.4, 0.5) is 11.6 Å². The van der Waals surface area contributed by atoms with Crippen LogP contribution >= 0.6 is 0 Å². The monoisotopic (exact) mass is 442 g/mol. The molecule has 0 amide bonds. The fourth-order valence-corrected chi connectivity index (χ4v) is 5.17. The molecule has 0 unspecified atom stereocenters. The van der Waals surface area contributed by atoms with Gasteiger partial charge >= 0.3 is 5.97 Å². The molecule has 0 spiro atoms. The molecule has 31 heavy (non-hydrogen) atoms. The third-order valence-electron chi connectivity index (χ3n) is 6.05. The fraction of sp³-hybridized carbons (Fsp3) is 0.609. The van der Waals surface area contributed by atoms with Gasteiger partial charge in [-0.1, -0.05) is 25.7 Å². The number of benzene rings is 1. The second-order valence-electron chi connectivity index (χ2n) is 9.69. The summed E-state index contributed by atoms with van der Waals surface area (Å²) in [6.45, 7) is 10.00. The summed E-state index contributed by atoms with van der Waals surface area (Å²) in [5.74, 6) is 0.114. The van der Waals surface area contributed by atoms with Gasteiger partial charge in [0.15, 0.2) is 0 Å². The molecule has 0 radical (unpaired) electrons. The molecular formula is C23H34N4O3Si. The number of ether oxygens (including phenoxy) is 2. The van der Waals surface area contributed by atoms with Crippen molar-refractivity contribution in [1.82, 2.24) is 14.8 Å². The summed E-state index contributed by atoms with van der Waals surface area (Å²) in [6, 6.07) is 3.49. The fourth-order valence-electron chi connectivity index (χ4n) is 4.42. The SMILES string of the molecule is CCOC(=O)c1nc(Nc2c3c(cc4c2CCC4)CCC3)n(COCC[Si](C)(C)C)n1. The third kappa shape index (κ3) is 5.01. The number of hydrogen-bond donors (Lipinski definition) is 1. The van der Waals surface area contributed by atoms with Gasteiger partial charge < -0.3 is 14.8 Å². The van der Waals surface area contributed by atoms with Gasteiger partial charge in [0.05, 0.1) is 6.61 Å². The van der Waals surface area contributed by atoms with Crippen molar-refractivity contribution in [2.24, 2.45) is 0 Å². The van der Waals surface area contributed by atoms with E-state index in [0.717, 1.165) is 31.7 Å². The van der Waals surface area contributed by atoms with Crippen molar-refractivity contribution in [3.05, 3.63) is 34.1 Å². The highest BCUT2D eigenvalue weighted by Gasteiger charge is 2.26. The summed E-state index contributed by atoms with van der Waals surface area (Å²) in [5, 5.41) is 7.96. The number of nitrogens with one attached hydrogen (secondary N) is 1. The van der Waals surface area contributed by atoms with Gasteiger partial charge in [-0.05, 0) is 73.7 Å². The molecule has 0 atom stereocenters. The zero-order valence-corrected chi connectivity index (χ0v) is 20.2. The molecule has 0 aliphatic heterocycles. The second kappa shape index (κ2) is 9.12. The smallest absolute Gasteiger partial charge is 0.378 e. The summed E-state index contributed by atoms with van der Waals surface area (Å²) in [4.78, 5) is 16.8. The van der Waals surface area contributed by atoms with E-state index in [1.165, 1.54) is 40.8 Å². The van der Waals surface area contributed by atoms with E-state index in [-0.39, 0.29) is 12.6 Å². The molecule has 1 N–H and O–H groups in total. The van der Waals surface area contributed by atoms with Gasteiger partial charge in [-0.3, -0.25) is 0 Å². The van der Waals surface area contributed by atoms with Crippen LogP contribution in [0.25, 0.3) is 0 Å². The van der Waals surface area contributed by atoms with E-state index in [4.69, 9.17) is 9.47 Å². The number of nitrogens with zero attached hydrogens (tertiary/aromatic N) is 3. The van der Waals surface area contributed by atoms with Crippen molar-refractivity contribution in [2.45, 2.75) is 77.9 Å². The van der Waals surface area contributed by atoms with E-state index in [1.807, 2.05) is 0 Å². The average Bonchev–Trinajstić information content (AvgIpc) is 3.44.